The van der Waals surface area contributed by atoms with Gasteiger partial charge in [0.05, 0.1) is 0 Å². The Labute approximate surface area is 220 Å². The molecule has 0 aromatic heterocycles. The van der Waals surface area contributed by atoms with Crippen LogP contribution in [0.5, 0.6) is 0 Å². The first-order chi connectivity index (χ1) is 18.0. The van der Waals surface area contributed by atoms with E-state index < -0.39 is 18.0 Å². The van der Waals surface area contributed by atoms with E-state index in [1.807, 2.05) is 84.9 Å². The lowest BCUT2D eigenvalue weighted by molar-refractivity contribution is 0.484. The van der Waals surface area contributed by atoms with Crippen molar-refractivity contribution in [2.75, 3.05) is 0 Å². The molecule has 3 nitrogen and oxygen atoms in total. The molecule has 0 saturated carbocycles. The number of benzene rings is 5. The van der Waals surface area contributed by atoms with Crippen molar-refractivity contribution in [2.24, 2.45) is 0 Å². The van der Waals surface area contributed by atoms with Gasteiger partial charge in [0.25, 0.3) is 10.1 Å². The molecule has 0 aliphatic heterocycles. The van der Waals surface area contributed by atoms with Crippen molar-refractivity contribution in [3.05, 3.63) is 168 Å². The Morgan fingerprint density at radius 1 is 0.459 bits per heavy atom. The molecular formula is C32H27O3PS. The normalized spacial score (nSPS) is 11.8. The summed E-state index contributed by atoms with van der Waals surface area (Å²) in [5.74, 6) is 0. The lowest BCUT2D eigenvalue weighted by Crippen LogP contribution is -2.21. The molecule has 0 atom stereocenters. The van der Waals surface area contributed by atoms with Gasteiger partial charge in [0.15, 0.2) is 0 Å². The molecule has 0 fully saturated rings. The number of hydrogen-bond acceptors (Lipinski definition) is 2. The van der Waals surface area contributed by atoms with Crippen LogP contribution in [0.3, 0.4) is 0 Å². The van der Waals surface area contributed by atoms with Crippen LogP contribution in [0.15, 0.2) is 150 Å². The summed E-state index contributed by atoms with van der Waals surface area (Å²) in [4.78, 5) is -0.0326. The summed E-state index contributed by atoms with van der Waals surface area (Å²) >= 11 is 0. The molecule has 0 unspecified atom stereocenters. The Balaban J connectivity index is 1.88. The fraction of sp³-hybridized carbons (Fsp3) is 0.0625. The highest BCUT2D eigenvalue weighted by Crippen LogP contribution is 2.65. The first kappa shape index (κ1) is 25.1. The van der Waals surface area contributed by atoms with Crippen LogP contribution in [0.2, 0.25) is 0 Å². The van der Waals surface area contributed by atoms with E-state index in [1.165, 1.54) is 6.07 Å². The molecule has 5 rings (SSSR count). The third-order valence-electron chi connectivity index (χ3n) is 6.44. The molecule has 37 heavy (non-hydrogen) atoms. The molecule has 5 heteroatoms. The molecule has 0 radical (unpaired) electrons. The van der Waals surface area contributed by atoms with Crippen LogP contribution in [0.1, 0.15) is 33.6 Å². The molecule has 0 amide bonds. The van der Waals surface area contributed by atoms with Crippen LogP contribution in [-0.2, 0) is 10.1 Å². The van der Waals surface area contributed by atoms with Gasteiger partial charge in [-0.15, -0.1) is 0 Å². The van der Waals surface area contributed by atoms with Gasteiger partial charge in [-0.2, -0.15) is 8.42 Å². The molecule has 0 bridgehead atoms. The summed E-state index contributed by atoms with van der Waals surface area (Å²) in [5.41, 5.74) is 4.13. The predicted octanol–water partition coefficient (Wildman–Crippen LogP) is 7.62. The molecule has 1 N–H and O–H groups in total. The molecule has 0 heterocycles. The Hall–Kier alpha value is -3.56. The van der Waals surface area contributed by atoms with Gasteiger partial charge in [-0.3, -0.25) is 4.55 Å². The molecule has 0 aliphatic carbocycles. The van der Waals surface area contributed by atoms with Crippen LogP contribution in [0.4, 0.5) is 0 Å². The first-order valence-electron chi connectivity index (χ1n) is 12.1. The molecule has 0 spiro atoms. The van der Waals surface area contributed by atoms with E-state index in [9.17, 15) is 13.0 Å². The monoisotopic (exact) mass is 522 g/mol. The zero-order chi connectivity index (χ0) is 25.7. The molecule has 0 aliphatic rings. The third-order valence-corrected chi connectivity index (χ3v) is 10.8. The highest BCUT2D eigenvalue weighted by molar-refractivity contribution is 7.86. The minimum absolute atomic E-state index is 0.0326. The standard InChI is InChI=1S/C32H27O3PS/c33-37(34,35)30-24-14-13-23-29(30)36(31(25-15-5-1-6-16-25)26-17-7-2-8-18-26)32(27-19-9-3-10-20-27)28-21-11-4-12-22-28/h1-24,31-32H,(H,33,34,35). The Kier molecular flexibility index (Phi) is 7.62. The van der Waals surface area contributed by atoms with Gasteiger partial charge in [-0.25, -0.2) is 0 Å². The van der Waals surface area contributed by atoms with E-state index in [4.69, 9.17) is 0 Å². The average Bonchev–Trinajstić information content (AvgIpc) is 2.94. The van der Waals surface area contributed by atoms with Crippen molar-refractivity contribution in [1.29, 1.82) is 0 Å². The van der Waals surface area contributed by atoms with Gasteiger partial charge in [-0.1, -0.05) is 140 Å². The second kappa shape index (κ2) is 11.2. The Morgan fingerprint density at radius 3 is 1.08 bits per heavy atom. The lowest BCUT2D eigenvalue weighted by atomic mass is 10.0. The smallest absolute Gasteiger partial charge is 0.282 e. The minimum atomic E-state index is -4.46. The van der Waals surface area contributed by atoms with Gasteiger partial charge in [0, 0.05) is 11.3 Å². The van der Waals surface area contributed by atoms with Crippen LogP contribution in [0.25, 0.3) is 0 Å². The maximum atomic E-state index is 12.7. The second-order valence-electron chi connectivity index (χ2n) is 8.80. The van der Waals surface area contributed by atoms with Crippen molar-refractivity contribution < 1.29 is 13.0 Å². The zero-order valence-electron chi connectivity index (χ0n) is 20.1. The third kappa shape index (κ3) is 5.57. The SMILES string of the molecule is O=S(=O)(O)c1ccccc1P(C(c1ccccc1)c1ccccc1)C(c1ccccc1)c1ccccc1. The second-order valence-corrected chi connectivity index (χ2v) is 12.5. The van der Waals surface area contributed by atoms with Crippen molar-refractivity contribution in [1.82, 2.24) is 0 Å². The van der Waals surface area contributed by atoms with E-state index >= 15 is 0 Å². The van der Waals surface area contributed by atoms with E-state index in [0.29, 0.717) is 5.30 Å². The fourth-order valence-electron chi connectivity index (χ4n) is 4.88. The van der Waals surface area contributed by atoms with E-state index in [2.05, 4.69) is 48.5 Å². The summed E-state index contributed by atoms with van der Waals surface area (Å²) < 4.78 is 35.8. The van der Waals surface area contributed by atoms with Gasteiger partial charge in [-0.05, 0) is 41.5 Å². The molecule has 5 aromatic carbocycles. The summed E-state index contributed by atoms with van der Waals surface area (Å²) in [5, 5.41) is 0.649. The first-order valence-corrected chi connectivity index (χ1v) is 15.0. The quantitative estimate of drug-likeness (QED) is 0.168. The zero-order valence-corrected chi connectivity index (χ0v) is 21.8. The largest absolute Gasteiger partial charge is 0.295 e. The highest BCUT2D eigenvalue weighted by Gasteiger charge is 2.37. The van der Waals surface area contributed by atoms with Crippen LogP contribution in [-0.4, -0.2) is 13.0 Å². The van der Waals surface area contributed by atoms with Crippen molar-refractivity contribution >= 4 is 23.3 Å². The Morgan fingerprint density at radius 2 is 0.757 bits per heavy atom. The summed E-state index contributed by atoms with van der Waals surface area (Å²) in [7, 11) is -5.77. The van der Waals surface area contributed by atoms with Gasteiger partial charge in [0.2, 0.25) is 0 Å². The van der Waals surface area contributed by atoms with Gasteiger partial charge in [0.1, 0.15) is 4.90 Å². The van der Waals surface area contributed by atoms with Crippen molar-refractivity contribution in [2.45, 2.75) is 16.2 Å². The molecule has 5 aromatic rings. The van der Waals surface area contributed by atoms with Gasteiger partial charge >= 0.3 is 0 Å². The molecular weight excluding hydrogens is 495 g/mol. The molecule has 0 saturated heterocycles. The summed E-state index contributed by atoms with van der Waals surface area (Å²) in [6.07, 6.45) is 0. The van der Waals surface area contributed by atoms with E-state index in [0.717, 1.165) is 22.3 Å². The number of rotatable bonds is 8. The maximum Gasteiger partial charge on any atom is 0.295 e. The van der Waals surface area contributed by atoms with Crippen molar-refractivity contribution in [3.63, 3.8) is 0 Å². The highest BCUT2D eigenvalue weighted by atomic mass is 32.2. The maximum absolute atomic E-state index is 12.7. The van der Waals surface area contributed by atoms with E-state index in [-0.39, 0.29) is 16.2 Å². The summed E-state index contributed by atoms with van der Waals surface area (Å²) in [6.45, 7) is 0. The van der Waals surface area contributed by atoms with E-state index in [1.54, 1.807) is 6.07 Å². The average molecular weight is 523 g/mol. The van der Waals surface area contributed by atoms with Gasteiger partial charge < -0.3 is 0 Å². The number of hydrogen-bond donors (Lipinski definition) is 1. The molecule has 184 valence electrons. The minimum Gasteiger partial charge on any atom is -0.282 e. The van der Waals surface area contributed by atoms with Crippen LogP contribution >= 0.6 is 7.92 Å². The van der Waals surface area contributed by atoms with Crippen molar-refractivity contribution in [3.8, 4) is 0 Å². The predicted molar refractivity (Wildman–Crippen MR) is 152 cm³/mol. The van der Waals surface area contributed by atoms with Crippen LogP contribution in [0, 0.1) is 0 Å². The van der Waals surface area contributed by atoms with Crippen LogP contribution < -0.4 is 5.30 Å². The fourth-order valence-corrected chi connectivity index (χ4v) is 9.54. The lowest BCUT2D eigenvalue weighted by Gasteiger charge is -2.37. The Bertz CT molecular complexity index is 1380. The topological polar surface area (TPSA) is 54.4 Å². The summed E-state index contributed by atoms with van der Waals surface area (Å²) in [6, 6.07) is 47.9.